The van der Waals surface area contributed by atoms with Crippen molar-refractivity contribution in [1.82, 2.24) is 0 Å². The first-order valence-electron chi connectivity index (χ1n) is 11.2. The van der Waals surface area contributed by atoms with Gasteiger partial charge < -0.3 is 28.7 Å². The van der Waals surface area contributed by atoms with E-state index in [0.29, 0.717) is 53.0 Å². The fourth-order valence-corrected chi connectivity index (χ4v) is 3.39. The minimum absolute atomic E-state index is 0.516. The van der Waals surface area contributed by atoms with E-state index in [1.165, 1.54) is 16.8 Å². The Hall–Kier alpha value is -2.12. The molecule has 0 saturated carbocycles. The Labute approximate surface area is 186 Å². The smallest absolute Gasteiger partial charge is 0.119 e. The van der Waals surface area contributed by atoms with Gasteiger partial charge in [-0.25, -0.2) is 0 Å². The average Bonchev–Trinajstić information content (AvgIpc) is 2.78. The van der Waals surface area contributed by atoms with E-state index in [1.807, 2.05) is 0 Å². The largest absolute Gasteiger partial charge is 0.377 e. The maximum absolute atomic E-state index is 5.89. The Morgan fingerprint density at radius 1 is 0.484 bits per heavy atom. The van der Waals surface area contributed by atoms with E-state index in [9.17, 15) is 0 Å². The van der Waals surface area contributed by atoms with Crippen molar-refractivity contribution in [2.45, 2.75) is 13.8 Å². The molecule has 0 aromatic heterocycles. The number of hydrogen-bond donors (Lipinski definition) is 0. The van der Waals surface area contributed by atoms with E-state index in [-0.39, 0.29) is 0 Å². The first kappa shape index (κ1) is 23.5. The second-order valence-electron chi connectivity index (χ2n) is 7.80. The van der Waals surface area contributed by atoms with Crippen LogP contribution in [0.15, 0.2) is 48.5 Å². The number of benzene rings is 2. The predicted octanol–water partition coefficient (Wildman–Crippen LogP) is 3.65. The summed E-state index contributed by atoms with van der Waals surface area (Å²) in [5, 5.41) is 0. The third-order valence-corrected chi connectivity index (χ3v) is 5.31. The van der Waals surface area contributed by atoms with Crippen molar-refractivity contribution < 1.29 is 18.9 Å². The van der Waals surface area contributed by atoms with Crippen LogP contribution in [-0.4, -0.2) is 72.6 Å². The van der Waals surface area contributed by atoms with Crippen LogP contribution in [0.4, 0.5) is 11.4 Å². The average molecular weight is 429 g/mol. The van der Waals surface area contributed by atoms with Gasteiger partial charge in [-0.3, -0.25) is 0 Å². The second kappa shape index (κ2) is 13.3. The molecule has 2 aromatic rings. The van der Waals surface area contributed by atoms with Crippen molar-refractivity contribution in [3.8, 4) is 0 Å². The first-order valence-corrected chi connectivity index (χ1v) is 11.2. The number of ether oxygens (including phenoxy) is 4. The molecule has 170 valence electrons. The third-order valence-electron chi connectivity index (χ3n) is 5.31. The maximum atomic E-state index is 5.89. The Bertz CT molecular complexity index is 673. The standard InChI is InChI=1S/C25H36N2O4/c1-22-3-7-24(8-4-22)26-11-14-28-17-18-30-16-13-27(21-31-20-19-29-15-12-26)25-9-5-23(2)6-10-25/h3-10H,11-21H2,1-2H3. The molecule has 6 heteroatoms. The first-order chi connectivity index (χ1) is 15.2. The highest BCUT2D eigenvalue weighted by Gasteiger charge is 2.09. The molecule has 1 fully saturated rings. The zero-order chi connectivity index (χ0) is 21.7. The summed E-state index contributed by atoms with van der Waals surface area (Å²) < 4.78 is 23.3. The summed E-state index contributed by atoms with van der Waals surface area (Å²) in [6, 6.07) is 17.1. The molecular weight excluding hydrogens is 392 g/mol. The molecule has 1 heterocycles. The van der Waals surface area contributed by atoms with Crippen LogP contribution >= 0.6 is 0 Å². The maximum Gasteiger partial charge on any atom is 0.119 e. The van der Waals surface area contributed by atoms with Crippen LogP contribution in [0.3, 0.4) is 0 Å². The fraction of sp³-hybridized carbons (Fsp3) is 0.520. The molecule has 31 heavy (non-hydrogen) atoms. The van der Waals surface area contributed by atoms with Gasteiger partial charge in [-0.15, -0.1) is 0 Å². The van der Waals surface area contributed by atoms with Crippen LogP contribution in [0.25, 0.3) is 0 Å². The van der Waals surface area contributed by atoms with Crippen LogP contribution < -0.4 is 9.80 Å². The van der Waals surface area contributed by atoms with Crippen molar-refractivity contribution in [3.05, 3.63) is 59.7 Å². The molecule has 1 aliphatic heterocycles. The van der Waals surface area contributed by atoms with Crippen LogP contribution in [0.1, 0.15) is 11.1 Å². The zero-order valence-corrected chi connectivity index (χ0v) is 18.9. The minimum atomic E-state index is 0.516. The Kier molecular flexibility index (Phi) is 10.1. The highest BCUT2D eigenvalue weighted by Crippen LogP contribution is 2.16. The lowest BCUT2D eigenvalue weighted by atomic mass is 10.2. The normalized spacial score (nSPS) is 18.5. The van der Waals surface area contributed by atoms with Crippen LogP contribution in [0, 0.1) is 13.8 Å². The number of aryl methyl sites for hydroxylation is 2. The van der Waals surface area contributed by atoms with E-state index >= 15 is 0 Å². The molecule has 0 atom stereocenters. The highest BCUT2D eigenvalue weighted by molar-refractivity contribution is 5.48. The molecule has 6 nitrogen and oxygen atoms in total. The summed E-state index contributed by atoms with van der Waals surface area (Å²) in [5.41, 5.74) is 4.84. The van der Waals surface area contributed by atoms with Gasteiger partial charge in [-0.1, -0.05) is 35.4 Å². The minimum Gasteiger partial charge on any atom is -0.377 e. The molecule has 0 amide bonds. The Balaban J connectivity index is 1.52. The molecule has 1 saturated heterocycles. The van der Waals surface area contributed by atoms with Gasteiger partial charge in [0, 0.05) is 31.0 Å². The molecule has 2 aromatic carbocycles. The van der Waals surface area contributed by atoms with Crippen molar-refractivity contribution in [2.24, 2.45) is 0 Å². The van der Waals surface area contributed by atoms with Gasteiger partial charge in [-0.05, 0) is 38.1 Å². The van der Waals surface area contributed by atoms with Crippen molar-refractivity contribution in [1.29, 1.82) is 0 Å². The lowest BCUT2D eigenvalue weighted by Crippen LogP contribution is -2.31. The van der Waals surface area contributed by atoms with Gasteiger partial charge in [0.1, 0.15) is 6.73 Å². The summed E-state index contributed by atoms with van der Waals surface area (Å²) in [6.45, 7) is 11.4. The highest BCUT2D eigenvalue weighted by atomic mass is 16.5. The molecule has 0 N–H and O–H groups in total. The summed E-state index contributed by atoms with van der Waals surface area (Å²) in [6.07, 6.45) is 0. The van der Waals surface area contributed by atoms with Gasteiger partial charge >= 0.3 is 0 Å². The lowest BCUT2D eigenvalue weighted by Gasteiger charge is -2.25. The van der Waals surface area contributed by atoms with E-state index < -0.39 is 0 Å². The molecule has 3 rings (SSSR count). The fourth-order valence-electron chi connectivity index (χ4n) is 3.39. The molecule has 0 unspecified atom stereocenters. The molecular formula is C25H36N2O4. The van der Waals surface area contributed by atoms with E-state index in [4.69, 9.17) is 18.9 Å². The van der Waals surface area contributed by atoms with Gasteiger partial charge in [0.15, 0.2) is 0 Å². The number of hydrogen-bond acceptors (Lipinski definition) is 6. The predicted molar refractivity (Wildman–Crippen MR) is 125 cm³/mol. The van der Waals surface area contributed by atoms with Crippen molar-refractivity contribution >= 4 is 11.4 Å². The Morgan fingerprint density at radius 2 is 0.871 bits per heavy atom. The number of anilines is 2. The van der Waals surface area contributed by atoms with E-state index in [1.54, 1.807) is 0 Å². The number of rotatable bonds is 2. The summed E-state index contributed by atoms with van der Waals surface area (Å²) in [5.74, 6) is 0. The summed E-state index contributed by atoms with van der Waals surface area (Å²) in [4.78, 5) is 4.50. The molecule has 0 radical (unpaired) electrons. The quantitative estimate of drug-likeness (QED) is 0.728. The van der Waals surface area contributed by atoms with Crippen molar-refractivity contribution in [3.63, 3.8) is 0 Å². The monoisotopic (exact) mass is 428 g/mol. The van der Waals surface area contributed by atoms with Gasteiger partial charge in [0.05, 0.1) is 46.2 Å². The Morgan fingerprint density at radius 3 is 1.35 bits per heavy atom. The number of nitrogens with zero attached hydrogens (tertiary/aromatic N) is 2. The molecule has 1 aliphatic rings. The van der Waals surface area contributed by atoms with E-state index in [0.717, 1.165) is 25.3 Å². The molecule has 0 aliphatic carbocycles. The molecule has 0 bridgehead atoms. The van der Waals surface area contributed by atoms with Crippen LogP contribution in [-0.2, 0) is 18.9 Å². The van der Waals surface area contributed by atoms with Crippen LogP contribution in [0.2, 0.25) is 0 Å². The van der Waals surface area contributed by atoms with Crippen LogP contribution in [0.5, 0.6) is 0 Å². The summed E-state index contributed by atoms with van der Waals surface area (Å²) in [7, 11) is 0. The van der Waals surface area contributed by atoms with E-state index in [2.05, 4.69) is 72.2 Å². The zero-order valence-electron chi connectivity index (χ0n) is 18.9. The van der Waals surface area contributed by atoms with Crippen molar-refractivity contribution in [2.75, 3.05) is 82.4 Å². The summed E-state index contributed by atoms with van der Waals surface area (Å²) >= 11 is 0. The second-order valence-corrected chi connectivity index (χ2v) is 7.80. The third kappa shape index (κ3) is 8.50. The SMILES string of the molecule is Cc1ccc(N2CCOCCOCCN(c3ccc(C)cc3)COCCOCC2)cc1. The van der Waals surface area contributed by atoms with Gasteiger partial charge in [-0.2, -0.15) is 0 Å². The van der Waals surface area contributed by atoms with Gasteiger partial charge in [0.2, 0.25) is 0 Å². The van der Waals surface area contributed by atoms with Gasteiger partial charge in [0.25, 0.3) is 0 Å². The molecule has 0 spiro atoms. The topological polar surface area (TPSA) is 43.4 Å². The lowest BCUT2D eigenvalue weighted by molar-refractivity contribution is 0.0446.